The Kier molecular flexibility index (Phi) is 14.5. The molecule has 0 aromatic heterocycles. The van der Waals surface area contributed by atoms with Crippen molar-refractivity contribution in [2.24, 2.45) is 11.8 Å². The van der Waals surface area contributed by atoms with E-state index >= 15 is 0 Å². The van der Waals surface area contributed by atoms with Gasteiger partial charge in [-0.25, -0.2) is 0 Å². The first-order valence-electron chi connectivity index (χ1n) is 9.66. The average molecular weight is 349 g/mol. The first-order valence-corrected chi connectivity index (χ1v) is 11.4. The highest BCUT2D eigenvalue weighted by Gasteiger charge is 2.20. The van der Waals surface area contributed by atoms with E-state index in [-0.39, 0.29) is 6.16 Å². The maximum atomic E-state index is 12.1. The predicted octanol–water partition coefficient (Wildman–Crippen LogP) is 5.21. The Morgan fingerprint density at radius 3 is 2.09 bits per heavy atom. The molecule has 0 bridgehead atoms. The Morgan fingerprint density at radius 2 is 1.57 bits per heavy atom. The topological polar surface area (TPSA) is 58.6 Å². The Balaban J connectivity index is 3.91. The van der Waals surface area contributed by atoms with E-state index < -0.39 is 7.60 Å². The van der Waals surface area contributed by atoms with E-state index in [1.807, 2.05) is 0 Å². The van der Waals surface area contributed by atoms with E-state index in [0.717, 1.165) is 38.6 Å². The van der Waals surface area contributed by atoms with Gasteiger partial charge in [-0.15, -0.1) is 0 Å². The molecule has 23 heavy (non-hydrogen) atoms. The molecular weight excluding hydrogens is 309 g/mol. The standard InChI is InChI=1S/C18H40NO3P/c1-5-9-11-17(7-3)15-19-13-14-23(20,21)22-16-18(8-4)12-10-6-2/h17-19H,5-16H2,1-4H3,(H,20,21). The fraction of sp³-hybridized carbons (Fsp3) is 1.00. The van der Waals surface area contributed by atoms with Gasteiger partial charge in [-0.05, 0) is 31.2 Å². The van der Waals surface area contributed by atoms with Crippen LogP contribution < -0.4 is 5.32 Å². The maximum Gasteiger partial charge on any atom is 0.329 e. The van der Waals surface area contributed by atoms with Crippen LogP contribution in [0.15, 0.2) is 0 Å². The van der Waals surface area contributed by atoms with Crippen LogP contribution >= 0.6 is 7.60 Å². The summed E-state index contributed by atoms with van der Waals surface area (Å²) in [5, 5.41) is 3.33. The lowest BCUT2D eigenvalue weighted by atomic mass is 9.99. The molecule has 0 amide bonds. The van der Waals surface area contributed by atoms with Crippen molar-refractivity contribution in [1.29, 1.82) is 0 Å². The smallest absolute Gasteiger partial charge is 0.324 e. The minimum absolute atomic E-state index is 0.210. The highest BCUT2D eigenvalue weighted by Crippen LogP contribution is 2.42. The molecule has 3 atom stereocenters. The minimum atomic E-state index is -3.44. The third-order valence-electron chi connectivity index (χ3n) is 4.60. The summed E-state index contributed by atoms with van der Waals surface area (Å²) in [6, 6.07) is 0. The van der Waals surface area contributed by atoms with Gasteiger partial charge in [0.2, 0.25) is 0 Å². The summed E-state index contributed by atoms with van der Waals surface area (Å²) in [6.45, 7) is 10.6. The number of nitrogens with one attached hydrogen (secondary N) is 1. The first-order chi connectivity index (χ1) is 11.0. The van der Waals surface area contributed by atoms with Crippen LogP contribution in [0.2, 0.25) is 0 Å². The molecule has 0 rings (SSSR count). The van der Waals surface area contributed by atoms with Crippen molar-refractivity contribution in [3.63, 3.8) is 0 Å². The second-order valence-electron chi connectivity index (χ2n) is 6.69. The van der Waals surface area contributed by atoms with E-state index in [9.17, 15) is 9.46 Å². The fourth-order valence-corrected chi connectivity index (χ4v) is 3.67. The lowest BCUT2D eigenvalue weighted by molar-refractivity contribution is 0.203. The van der Waals surface area contributed by atoms with Crippen molar-refractivity contribution in [1.82, 2.24) is 5.32 Å². The summed E-state index contributed by atoms with van der Waals surface area (Å²) in [6.07, 6.45) is 9.52. The summed E-state index contributed by atoms with van der Waals surface area (Å²) < 4.78 is 17.4. The molecule has 0 fully saturated rings. The van der Waals surface area contributed by atoms with Crippen LogP contribution in [0.5, 0.6) is 0 Å². The van der Waals surface area contributed by atoms with Gasteiger partial charge in [-0.1, -0.05) is 66.2 Å². The molecule has 3 unspecified atom stereocenters. The third-order valence-corrected chi connectivity index (χ3v) is 5.94. The molecule has 0 aromatic carbocycles. The van der Waals surface area contributed by atoms with Crippen LogP contribution in [0, 0.1) is 11.8 Å². The van der Waals surface area contributed by atoms with Crippen LogP contribution in [0.3, 0.4) is 0 Å². The van der Waals surface area contributed by atoms with Crippen molar-refractivity contribution in [3.05, 3.63) is 0 Å². The van der Waals surface area contributed by atoms with Crippen LogP contribution in [0.25, 0.3) is 0 Å². The average Bonchev–Trinajstić information content (AvgIpc) is 2.54. The summed E-state index contributed by atoms with van der Waals surface area (Å²) in [7, 11) is -3.44. The second-order valence-corrected chi connectivity index (χ2v) is 8.67. The minimum Gasteiger partial charge on any atom is -0.324 e. The zero-order valence-electron chi connectivity index (χ0n) is 15.9. The van der Waals surface area contributed by atoms with Crippen molar-refractivity contribution in [2.75, 3.05) is 25.9 Å². The molecule has 0 aliphatic heterocycles. The molecule has 140 valence electrons. The quantitative estimate of drug-likeness (QED) is 0.297. The molecule has 0 radical (unpaired) electrons. The van der Waals surface area contributed by atoms with Gasteiger partial charge >= 0.3 is 7.60 Å². The molecule has 0 saturated heterocycles. The number of hydrogen-bond acceptors (Lipinski definition) is 3. The Morgan fingerprint density at radius 1 is 1.00 bits per heavy atom. The van der Waals surface area contributed by atoms with E-state index in [4.69, 9.17) is 4.52 Å². The number of rotatable bonds is 16. The van der Waals surface area contributed by atoms with Gasteiger partial charge in [0, 0.05) is 6.54 Å². The molecular formula is C18H40NO3P. The van der Waals surface area contributed by atoms with Gasteiger partial charge in [0.15, 0.2) is 0 Å². The SMILES string of the molecule is CCCCC(CC)CNCCP(=O)(O)OCC(CC)CCCC. The van der Waals surface area contributed by atoms with Crippen molar-refractivity contribution < 1.29 is 14.0 Å². The predicted molar refractivity (Wildman–Crippen MR) is 100 cm³/mol. The normalized spacial score (nSPS) is 16.9. The monoisotopic (exact) mass is 349 g/mol. The zero-order chi connectivity index (χ0) is 17.6. The van der Waals surface area contributed by atoms with Crippen LogP contribution in [-0.4, -0.2) is 30.8 Å². The second kappa shape index (κ2) is 14.5. The summed E-state index contributed by atoms with van der Waals surface area (Å²) in [5.74, 6) is 1.08. The molecule has 0 saturated carbocycles. The van der Waals surface area contributed by atoms with Crippen LogP contribution in [0.1, 0.15) is 79.1 Å². The Hall–Kier alpha value is 0.110. The van der Waals surface area contributed by atoms with Gasteiger partial charge < -0.3 is 14.7 Å². The van der Waals surface area contributed by atoms with Gasteiger partial charge in [0.1, 0.15) is 0 Å². The molecule has 5 heteroatoms. The third kappa shape index (κ3) is 13.1. The molecule has 2 N–H and O–H groups in total. The van der Waals surface area contributed by atoms with E-state index in [0.29, 0.717) is 25.0 Å². The lowest BCUT2D eigenvalue weighted by Crippen LogP contribution is -2.26. The van der Waals surface area contributed by atoms with Crippen molar-refractivity contribution >= 4 is 7.60 Å². The van der Waals surface area contributed by atoms with Gasteiger partial charge in [-0.3, -0.25) is 4.57 Å². The lowest BCUT2D eigenvalue weighted by Gasteiger charge is -2.19. The molecule has 0 spiro atoms. The Bertz CT molecular complexity index is 313. The zero-order valence-corrected chi connectivity index (χ0v) is 16.7. The summed E-state index contributed by atoms with van der Waals surface area (Å²) in [4.78, 5) is 9.94. The van der Waals surface area contributed by atoms with E-state index in [1.54, 1.807) is 0 Å². The van der Waals surface area contributed by atoms with Crippen molar-refractivity contribution in [3.8, 4) is 0 Å². The van der Waals surface area contributed by atoms with Crippen LogP contribution in [0.4, 0.5) is 0 Å². The molecule has 0 aliphatic rings. The highest BCUT2D eigenvalue weighted by atomic mass is 31.2. The number of hydrogen-bond donors (Lipinski definition) is 2. The van der Waals surface area contributed by atoms with E-state index in [1.165, 1.54) is 19.3 Å². The van der Waals surface area contributed by atoms with Gasteiger partial charge in [0.25, 0.3) is 0 Å². The maximum absolute atomic E-state index is 12.1. The highest BCUT2D eigenvalue weighted by molar-refractivity contribution is 7.52. The molecule has 4 nitrogen and oxygen atoms in total. The largest absolute Gasteiger partial charge is 0.329 e. The summed E-state index contributed by atoms with van der Waals surface area (Å²) >= 11 is 0. The number of unbranched alkanes of at least 4 members (excludes halogenated alkanes) is 2. The molecule has 0 aromatic rings. The molecule has 0 aliphatic carbocycles. The fourth-order valence-electron chi connectivity index (χ4n) is 2.65. The van der Waals surface area contributed by atoms with E-state index in [2.05, 4.69) is 33.0 Å². The van der Waals surface area contributed by atoms with Crippen LogP contribution in [-0.2, 0) is 9.09 Å². The van der Waals surface area contributed by atoms with Gasteiger partial charge in [0.05, 0.1) is 12.8 Å². The molecule has 0 heterocycles. The Labute approximate surface area is 144 Å². The van der Waals surface area contributed by atoms with Crippen molar-refractivity contribution in [2.45, 2.75) is 79.1 Å². The van der Waals surface area contributed by atoms with Gasteiger partial charge in [-0.2, -0.15) is 0 Å². The first kappa shape index (κ1) is 23.1. The summed E-state index contributed by atoms with van der Waals surface area (Å²) in [5.41, 5.74) is 0.